The second-order valence-corrected chi connectivity index (χ2v) is 5.55. The van der Waals surface area contributed by atoms with Crippen LogP contribution in [-0.4, -0.2) is 28.4 Å². The van der Waals surface area contributed by atoms with E-state index < -0.39 is 23.3 Å². The molecule has 1 saturated carbocycles. The van der Waals surface area contributed by atoms with Crippen LogP contribution in [0.3, 0.4) is 0 Å². The van der Waals surface area contributed by atoms with E-state index in [4.69, 9.17) is 0 Å². The van der Waals surface area contributed by atoms with Crippen molar-refractivity contribution in [2.24, 2.45) is 0 Å². The van der Waals surface area contributed by atoms with Crippen LogP contribution in [0.5, 0.6) is 0 Å². The van der Waals surface area contributed by atoms with Crippen LogP contribution in [0, 0.1) is 0 Å². The van der Waals surface area contributed by atoms with Crippen LogP contribution in [0.2, 0.25) is 0 Å². The highest BCUT2D eigenvalue weighted by Crippen LogP contribution is 2.44. The maximum atomic E-state index is 13.7. The molecule has 0 unspecified atom stereocenters. The van der Waals surface area contributed by atoms with E-state index in [9.17, 15) is 23.5 Å². The first kappa shape index (κ1) is 14.9. The summed E-state index contributed by atoms with van der Waals surface area (Å²) in [6.45, 7) is 0. The molecule has 5 nitrogen and oxygen atoms in total. The molecular weight excluding hydrogens is 290 g/mol. The van der Waals surface area contributed by atoms with Crippen molar-refractivity contribution in [2.75, 3.05) is 0 Å². The minimum absolute atomic E-state index is 0.0143. The maximum absolute atomic E-state index is 13.7. The normalized spacial score (nSPS) is 17.1. The molecule has 1 heterocycles. The number of nitrogens with one attached hydrogen (secondary N) is 2. The van der Waals surface area contributed by atoms with Gasteiger partial charge in [0.05, 0.1) is 6.42 Å². The fraction of sp³-hybridized carbons (Fsp3) is 0.500. The van der Waals surface area contributed by atoms with Crippen molar-refractivity contribution in [2.45, 2.75) is 37.2 Å². The van der Waals surface area contributed by atoms with Gasteiger partial charge < -0.3 is 5.11 Å². The van der Waals surface area contributed by atoms with E-state index in [2.05, 4.69) is 0 Å². The zero-order valence-corrected chi connectivity index (χ0v) is 11.3. The van der Waals surface area contributed by atoms with Crippen molar-refractivity contribution in [3.8, 4) is 0 Å². The smallest absolute Gasteiger partial charge is 0.354 e. The molecule has 0 aliphatic heterocycles. The van der Waals surface area contributed by atoms with Gasteiger partial charge in [-0.15, -0.1) is 0 Å². The molecule has 0 atom stereocenters. The Morgan fingerprint density at radius 3 is 2.60 bits per heavy atom. The Morgan fingerprint density at radius 2 is 2.10 bits per heavy atom. The molecule has 2 rings (SSSR count). The number of amides is 2. The second kappa shape index (κ2) is 5.45. The zero-order valence-electron chi connectivity index (χ0n) is 10.5. The number of aliphatic hydroxyl groups is 1. The van der Waals surface area contributed by atoms with E-state index >= 15 is 0 Å². The van der Waals surface area contributed by atoms with Crippen molar-refractivity contribution < 1.29 is 23.5 Å². The van der Waals surface area contributed by atoms with E-state index in [-0.39, 0.29) is 19.3 Å². The fourth-order valence-electron chi connectivity index (χ4n) is 1.86. The van der Waals surface area contributed by atoms with Crippen LogP contribution >= 0.6 is 11.3 Å². The van der Waals surface area contributed by atoms with Gasteiger partial charge in [-0.2, -0.15) is 20.1 Å². The number of thiophene rings is 1. The standard InChI is InChI=1S/C12H14F2N2O3S/c13-12(14,11(19)3-1-4-11)10(18)16-15-9(17)6-8-2-5-20-7-8/h2,5,7,19H,1,3-4,6H2,(H,15,17)(H,16,18). The predicted molar refractivity (Wildman–Crippen MR) is 68.1 cm³/mol. The lowest BCUT2D eigenvalue weighted by Gasteiger charge is -2.41. The predicted octanol–water partition coefficient (Wildman–Crippen LogP) is 0.988. The first-order valence-corrected chi connectivity index (χ1v) is 7.00. The van der Waals surface area contributed by atoms with Gasteiger partial charge in [-0.05, 0) is 41.7 Å². The van der Waals surface area contributed by atoms with Gasteiger partial charge in [-0.1, -0.05) is 0 Å². The average Bonchev–Trinajstić information content (AvgIpc) is 2.85. The first-order chi connectivity index (χ1) is 9.35. The van der Waals surface area contributed by atoms with E-state index in [1.165, 1.54) is 11.3 Å². The highest BCUT2D eigenvalue weighted by molar-refractivity contribution is 7.07. The van der Waals surface area contributed by atoms with Gasteiger partial charge in [0.15, 0.2) is 0 Å². The summed E-state index contributed by atoms with van der Waals surface area (Å²) in [5.74, 6) is -6.22. The fourth-order valence-corrected chi connectivity index (χ4v) is 2.53. The van der Waals surface area contributed by atoms with Gasteiger partial charge in [0.2, 0.25) is 5.91 Å². The molecule has 0 saturated heterocycles. The summed E-state index contributed by atoms with van der Waals surface area (Å²) >= 11 is 1.40. The highest BCUT2D eigenvalue weighted by atomic mass is 32.1. The van der Waals surface area contributed by atoms with E-state index in [0.29, 0.717) is 6.42 Å². The van der Waals surface area contributed by atoms with Crippen LogP contribution in [0.4, 0.5) is 8.78 Å². The summed E-state index contributed by atoms with van der Waals surface area (Å²) < 4.78 is 27.3. The number of carbonyl (C=O) groups is 2. The van der Waals surface area contributed by atoms with Crippen LogP contribution < -0.4 is 10.9 Å². The summed E-state index contributed by atoms with van der Waals surface area (Å²) in [5, 5.41) is 13.1. The third kappa shape index (κ3) is 2.80. The van der Waals surface area contributed by atoms with Gasteiger partial charge in [-0.3, -0.25) is 20.4 Å². The molecule has 1 aromatic rings. The lowest BCUT2D eigenvalue weighted by molar-refractivity contribution is -0.216. The summed E-state index contributed by atoms with van der Waals surface area (Å²) in [4.78, 5) is 22.8. The Hall–Kier alpha value is -1.54. The average molecular weight is 304 g/mol. The molecule has 8 heteroatoms. The second-order valence-electron chi connectivity index (χ2n) is 4.77. The summed E-state index contributed by atoms with van der Waals surface area (Å²) in [6, 6.07) is 1.72. The minimum atomic E-state index is -3.92. The molecule has 20 heavy (non-hydrogen) atoms. The van der Waals surface area contributed by atoms with E-state index in [1.54, 1.807) is 22.3 Å². The van der Waals surface area contributed by atoms with Crippen molar-refractivity contribution >= 4 is 23.2 Å². The molecule has 110 valence electrons. The van der Waals surface area contributed by atoms with Crippen LogP contribution in [0.15, 0.2) is 16.8 Å². The van der Waals surface area contributed by atoms with Gasteiger partial charge in [-0.25, -0.2) is 0 Å². The number of hydrogen-bond acceptors (Lipinski definition) is 4. The Morgan fingerprint density at radius 1 is 1.40 bits per heavy atom. The van der Waals surface area contributed by atoms with Crippen LogP contribution in [0.1, 0.15) is 24.8 Å². The number of hydrazine groups is 1. The van der Waals surface area contributed by atoms with Crippen molar-refractivity contribution in [1.29, 1.82) is 0 Å². The molecular formula is C12H14F2N2O3S. The monoisotopic (exact) mass is 304 g/mol. The third-order valence-electron chi connectivity index (χ3n) is 3.31. The Kier molecular flexibility index (Phi) is 4.05. The lowest BCUT2D eigenvalue weighted by Crippen LogP contribution is -2.62. The Bertz CT molecular complexity index is 501. The number of hydrogen-bond donors (Lipinski definition) is 3. The molecule has 0 radical (unpaired) electrons. The molecule has 1 aliphatic carbocycles. The molecule has 1 aromatic heterocycles. The summed E-state index contributed by atoms with van der Waals surface area (Å²) in [7, 11) is 0. The molecule has 0 bridgehead atoms. The van der Waals surface area contributed by atoms with Crippen molar-refractivity contribution in [3.05, 3.63) is 22.4 Å². The van der Waals surface area contributed by atoms with Crippen molar-refractivity contribution in [3.63, 3.8) is 0 Å². The first-order valence-electron chi connectivity index (χ1n) is 6.06. The SMILES string of the molecule is O=C(Cc1ccsc1)NNC(=O)C(F)(F)C1(O)CCC1. The molecule has 2 amide bonds. The lowest BCUT2D eigenvalue weighted by atomic mass is 9.75. The number of carbonyl (C=O) groups excluding carboxylic acids is 2. The number of halogens is 2. The van der Waals surface area contributed by atoms with Gasteiger partial charge in [0, 0.05) is 0 Å². The topological polar surface area (TPSA) is 78.4 Å². The van der Waals surface area contributed by atoms with Crippen molar-refractivity contribution in [1.82, 2.24) is 10.9 Å². The number of alkyl halides is 2. The van der Waals surface area contributed by atoms with E-state index in [1.807, 2.05) is 5.43 Å². The van der Waals surface area contributed by atoms with Crippen LogP contribution in [-0.2, 0) is 16.0 Å². The summed E-state index contributed by atoms with van der Waals surface area (Å²) in [6.07, 6.45) is 0.177. The molecule has 1 fully saturated rings. The van der Waals surface area contributed by atoms with Gasteiger partial charge in [0.1, 0.15) is 5.60 Å². The van der Waals surface area contributed by atoms with Gasteiger partial charge in [0.25, 0.3) is 0 Å². The Balaban J connectivity index is 1.84. The highest BCUT2D eigenvalue weighted by Gasteiger charge is 2.61. The third-order valence-corrected chi connectivity index (χ3v) is 4.04. The number of rotatable bonds is 4. The largest absolute Gasteiger partial charge is 0.383 e. The maximum Gasteiger partial charge on any atom is 0.354 e. The molecule has 3 N–H and O–H groups in total. The Labute approximate surface area is 118 Å². The molecule has 0 spiro atoms. The van der Waals surface area contributed by atoms with E-state index in [0.717, 1.165) is 5.56 Å². The summed E-state index contributed by atoms with van der Waals surface area (Å²) in [5.41, 5.74) is 2.02. The molecule has 1 aliphatic rings. The quantitative estimate of drug-likeness (QED) is 0.726. The minimum Gasteiger partial charge on any atom is -0.383 e. The molecule has 0 aromatic carbocycles. The van der Waals surface area contributed by atoms with Crippen LogP contribution in [0.25, 0.3) is 0 Å². The zero-order chi connectivity index (χ0) is 14.8. The van der Waals surface area contributed by atoms with Gasteiger partial charge >= 0.3 is 11.8 Å².